The minimum atomic E-state index is 0.0157. The summed E-state index contributed by atoms with van der Waals surface area (Å²) in [6.07, 6.45) is 0. The molecule has 1 amide bonds. The molecule has 0 saturated carbocycles. The summed E-state index contributed by atoms with van der Waals surface area (Å²) >= 11 is 0. The molecule has 0 bridgehead atoms. The molecule has 3 rings (SSSR count). The van der Waals surface area contributed by atoms with Crippen LogP contribution >= 0.6 is 0 Å². The summed E-state index contributed by atoms with van der Waals surface area (Å²) in [5.41, 5.74) is 2.96. The molecule has 136 valence electrons. The molecule has 4 heteroatoms. The van der Waals surface area contributed by atoms with Gasteiger partial charge in [-0.15, -0.1) is 0 Å². The van der Waals surface area contributed by atoms with Gasteiger partial charge in [0, 0.05) is 17.6 Å². The van der Waals surface area contributed by atoms with E-state index in [1.807, 2.05) is 79.2 Å². The van der Waals surface area contributed by atoms with Crippen molar-refractivity contribution in [2.45, 2.75) is 26.8 Å². The lowest BCUT2D eigenvalue weighted by Gasteiger charge is -2.28. The number of carbonyl (C=O) groups is 1. The van der Waals surface area contributed by atoms with Crippen LogP contribution in [-0.4, -0.2) is 30.9 Å². The van der Waals surface area contributed by atoms with Gasteiger partial charge in [-0.2, -0.15) is 0 Å². The Morgan fingerprint density at radius 2 is 1.81 bits per heavy atom. The van der Waals surface area contributed by atoms with Crippen LogP contribution in [0.15, 0.2) is 59.0 Å². The third-order valence-corrected chi connectivity index (χ3v) is 4.93. The standard InChI is InChI=1S/C22H26N2O2/c1-5-24(19-12-8-6-10-16(19)2)22(25)15-23(4)17(3)21-14-18-11-7-9-13-20(18)26-21/h6-14,17H,5,15H2,1-4H3. The molecule has 0 aliphatic heterocycles. The van der Waals surface area contributed by atoms with Gasteiger partial charge < -0.3 is 9.32 Å². The smallest absolute Gasteiger partial charge is 0.241 e. The van der Waals surface area contributed by atoms with E-state index in [1.165, 1.54) is 0 Å². The molecule has 1 unspecified atom stereocenters. The van der Waals surface area contributed by atoms with Crippen molar-refractivity contribution >= 4 is 22.6 Å². The lowest BCUT2D eigenvalue weighted by Crippen LogP contribution is -2.40. The van der Waals surface area contributed by atoms with Gasteiger partial charge in [0.15, 0.2) is 0 Å². The summed E-state index contributed by atoms with van der Waals surface area (Å²) < 4.78 is 5.96. The maximum Gasteiger partial charge on any atom is 0.241 e. The van der Waals surface area contributed by atoms with E-state index >= 15 is 0 Å². The van der Waals surface area contributed by atoms with E-state index in [0.29, 0.717) is 13.1 Å². The number of amides is 1. The Labute approximate surface area is 155 Å². The maximum atomic E-state index is 12.9. The highest BCUT2D eigenvalue weighted by Crippen LogP contribution is 2.27. The van der Waals surface area contributed by atoms with E-state index in [9.17, 15) is 4.79 Å². The Hall–Kier alpha value is -2.59. The van der Waals surface area contributed by atoms with Crippen LogP contribution in [0.1, 0.15) is 31.2 Å². The zero-order chi connectivity index (χ0) is 18.7. The van der Waals surface area contributed by atoms with Crippen molar-refractivity contribution in [3.8, 4) is 0 Å². The molecule has 0 saturated heterocycles. The number of carbonyl (C=O) groups excluding carboxylic acids is 1. The molecule has 1 heterocycles. The highest BCUT2D eigenvalue weighted by atomic mass is 16.3. The van der Waals surface area contributed by atoms with Gasteiger partial charge in [-0.3, -0.25) is 9.69 Å². The average Bonchev–Trinajstić information content (AvgIpc) is 3.07. The van der Waals surface area contributed by atoms with E-state index < -0.39 is 0 Å². The molecule has 0 aliphatic carbocycles. The first kappa shape index (κ1) is 18.2. The second-order valence-electron chi connectivity index (χ2n) is 6.70. The number of hydrogen-bond acceptors (Lipinski definition) is 3. The molecule has 0 spiro atoms. The SMILES string of the molecule is CCN(C(=O)CN(C)C(C)c1cc2ccccc2o1)c1ccccc1C. The lowest BCUT2D eigenvalue weighted by atomic mass is 10.1. The molecule has 26 heavy (non-hydrogen) atoms. The number of rotatable bonds is 6. The maximum absolute atomic E-state index is 12.9. The van der Waals surface area contributed by atoms with Gasteiger partial charge in [-0.1, -0.05) is 36.4 Å². The zero-order valence-corrected chi connectivity index (χ0v) is 15.9. The lowest BCUT2D eigenvalue weighted by molar-refractivity contribution is -0.119. The summed E-state index contributed by atoms with van der Waals surface area (Å²) in [5.74, 6) is 0.965. The van der Waals surface area contributed by atoms with Crippen LogP contribution in [0.5, 0.6) is 0 Å². The Balaban J connectivity index is 1.74. The number of hydrogen-bond donors (Lipinski definition) is 0. The van der Waals surface area contributed by atoms with Crippen LogP contribution in [-0.2, 0) is 4.79 Å². The molecule has 1 atom stereocenters. The van der Waals surface area contributed by atoms with E-state index in [0.717, 1.165) is 28.0 Å². The quantitative estimate of drug-likeness (QED) is 0.641. The predicted molar refractivity (Wildman–Crippen MR) is 106 cm³/mol. The van der Waals surface area contributed by atoms with Gasteiger partial charge in [0.1, 0.15) is 11.3 Å². The van der Waals surface area contributed by atoms with Gasteiger partial charge in [0.2, 0.25) is 5.91 Å². The van der Waals surface area contributed by atoms with Crippen LogP contribution in [0.3, 0.4) is 0 Å². The monoisotopic (exact) mass is 350 g/mol. The van der Waals surface area contributed by atoms with E-state index in [1.54, 1.807) is 0 Å². The third-order valence-electron chi connectivity index (χ3n) is 4.93. The molecule has 0 aliphatic rings. The van der Waals surface area contributed by atoms with Crippen molar-refractivity contribution in [2.24, 2.45) is 0 Å². The molecule has 0 radical (unpaired) electrons. The Bertz CT molecular complexity index is 867. The van der Waals surface area contributed by atoms with E-state index in [-0.39, 0.29) is 11.9 Å². The van der Waals surface area contributed by atoms with Crippen LogP contribution in [0, 0.1) is 6.92 Å². The van der Waals surface area contributed by atoms with Crippen molar-refractivity contribution in [2.75, 3.05) is 25.0 Å². The number of anilines is 1. The fraction of sp³-hybridized carbons (Fsp3) is 0.318. The number of para-hydroxylation sites is 2. The minimum absolute atomic E-state index is 0.0157. The summed E-state index contributed by atoms with van der Waals surface area (Å²) in [6, 6.07) is 18.0. The van der Waals surface area contributed by atoms with Gasteiger partial charge >= 0.3 is 0 Å². The van der Waals surface area contributed by atoms with Crippen molar-refractivity contribution < 1.29 is 9.21 Å². The molecule has 0 fully saturated rings. The number of aryl methyl sites for hydroxylation is 1. The summed E-state index contributed by atoms with van der Waals surface area (Å²) in [7, 11) is 1.96. The molecular formula is C22H26N2O2. The summed E-state index contributed by atoms with van der Waals surface area (Å²) in [5, 5.41) is 1.09. The predicted octanol–water partition coefficient (Wildman–Crippen LogP) is 4.79. The first-order valence-corrected chi connectivity index (χ1v) is 9.06. The number of benzene rings is 2. The fourth-order valence-corrected chi connectivity index (χ4v) is 3.21. The van der Waals surface area contributed by atoms with Crippen molar-refractivity contribution in [3.05, 3.63) is 65.9 Å². The third kappa shape index (κ3) is 3.65. The van der Waals surface area contributed by atoms with Crippen LogP contribution in [0.25, 0.3) is 11.0 Å². The Morgan fingerprint density at radius 3 is 2.50 bits per heavy atom. The van der Waals surface area contributed by atoms with Gasteiger partial charge in [0.05, 0.1) is 12.6 Å². The van der Waals surface area contributed by atoms with Gasteiger partial charge in [0.25, 0.3) is 0 Å². The minimum Gasteiger partial charge on any atom is -0.459 e. The average molecular weight is 350 g/mol. The van der Waals surface area contributed by atoms with E-state index in [4.69, 9.17) is 4.42 Å². The Morgan fingerprint density at radius 1 is 1.12 bits per heavy atom. The Kier molecular flexibility index (Phi) is 5.43. The van der Waals surface area contributed by atoms with Crippen molar-refractivity contribution in [1.29, 1.82) is 0 Å². The largest absolute Gasteiger partial charge is 0.459 e. The van der Waals surface area contributed by atoms with Crippen LogP contribution in [0.4, 0.5) is 5.69 Å². The number of nitrogens with zero attached hydrogens (tertiary/aromatic N) is 2. The molecule has 1 aromatic heterocycles. The highest BCUT2D eigenvalue weighted by Gasteiger charge is 2.22. The second-order valence-corrected chi connectivity index (χ2v) is 6.70. The van der Waals surface area contributed by atoms with E-state index in [2.05, 4.69) is 13.0 Å². The van der Waals surface area contributed by atoms with Gasteiger partial charge in [-0.05, 0) is 51.6 Å². The molecule has 0 N–H and O–H groups in total. The topological polar surface area (TPSA) is 36.7 Å². The number of likely N-dealkylation sites (N-methyl/N-ethyl adjacent to an activating group) is 2. The molecule has 2 aromatic carbocycles. The molecule has 3 aromatic rings. The zero-order valence-electron chi connectivity index (χ0n) is 15.9. The second kappa shape index (κ2) is 7.75. The van der Waals surface area contributed by atoms with Crippen molar-refractivity contribution in [1.82, 2.24) is 4.90 Å². The number of furan rings is 1. The number of fused-ring (bicyclic) bond motifs is 1. The van der Waals surface area contributed by atoms with Crippen LogP contribution < -0.4 is 4.90 Å². The van der Waals surface area contributed by atoms with Crippen LogP contribution in [0.2, 0.25) is 0 Å². The summed E-state index contributed by atoms with van der Waals surface area (Å²) in [6.45, 7) is 7.09. The molecule has 4 nitrogen and oxygen atoms in total. The van der Waals surface area contributed by atoms with Crippen molar-refractivity contribution in [3.63, 3.8) is 0 Å². The fourth-order valence-electron chi connectivity index (χ4n) is 3.21. The van der Waals surface area contributed by atoms with Gasteiger partial charge in [-0.25, -0.2) is 0 Å². The normalized spacial score (nSPS) is 12.5. The first-order valence-electron chi connectivity index (χ1n) is 9.06. The molecular weight excluding hydrogens is 324 g/mol. The highest BCUT2D eigenvalue weighted by molar-refractivity contribution is 5.95. The first-order chi connectivity index (χ1) is 12.5. The summed E-state index contributed by atoms with van der Waals surface area (Å²) in [4.78, 5) is 16.8.